The summed E-state index contributed by atoms with van der Waals surface area (Å²) in [6.45, 7) is 6.32. The molecule has 0 unspecified atom stereocenters. The Hall–Kier alpha value is -4.28. The van der Waals surface area contributed by atoms with E-state index in [9.17, 15) is 14.4 Å². The lowest BCUT2D eigenvalue weighted by Crippen LogP contribution is -2.56. The van der Waals surface area contributed by atoms with Gasteiger partial charge in [-0.05, 0) is 39.7 Å². The van der Waals surface area contributed by atoms with Gasteiger partial charge in [-0.25, -0.2) is 9.36 Å². The van der Waals surface area contributed by atoms with E-state index in [0.29, 0.717) is 45.2 Å². The van der Waals surface area contributed by atoms with Crippen LogP contribution in [-0.4, -0.2) is 61.7 Å². The van der Waals surface area contributed by atoms with Gasteiger partial charge in [-0.15, -0.1) is 4.80 Å². The van der Waals surface area contributed by atoms with E-state index in [1.54, 1.807) is 38.8 Å². The van der Waals surface area contributed by atoms with Crippen molar-refractivity contribution in [2.75, 3.05) is 26.8 Å². The summed E-state index contributed by atoms with van der Waals surface area (Å²) in [5.41, 5.74) is -1.34. The van der Waals surface area contributed by atoms with Crippen LogP contribution in [0.15, 0.2) is 46.2 Å². The number of rotatable bonds is 10. The lowest BCUT2D eigenvalue weighted by molar-refractivity contribution is -0.138. The summed E-state index contributed by atoms with van der Waals surface area (Å²) < 4.78 is 14.3. The Kier molecular flexibility index (Phi) is 8.29. The molecule has 42 heavy (non-hydrogen) atoms. The fraction of sp³-hybridized carbons (Fsp3) is 0.448. The van der Waals surface area contributed by atoms with Gasteiger partial charge in [0.25, 0.3) is 5.56 Å². The van der Waals surface area contributed by atoms with Crippen molar-refractivity contribution in [3.63, 3.8) is 0 Å². The third-order valence-corrected chi connectivity index (χ3v) is 8.91. The molecule has 4 heterocycles. The van der Waals surface area contributed by atoms with Gasteiger partial charge in [-0.1, -0.05) is 29.5 Å². The van der Waals surface area contributed by atoms with Crippen LogP contribution in [0.5, 0.6) is 5.75 Å². The largest absolute Gasteiger partial charge is 0.496 e. The number of para-hydroxylation sites is 1. The number of hydrogen-bond donors (Lipinski definition) is 0. The second-order valence-corrected chi connectivity index (χ2v) is 11.6. The number of aryl methyl sites for hydroxylation is 1. The zero-order valence-corrected chi connectivity index (χ0v) is 24.9. The van der Waals surface area contributed by atoms with E-state index in [-0.39, 0.29) is 25.5 Å². The Labute approximate surface area is 246 Å². The second kappa shape index (κ2) is 11.9. The molecule has 0 radical (unpaired) electrons. The summed E-state index contributed by atoms with van der Waals surface area (Å²) in [4.78, 5) is 45.9. The highest BCUT2D eigenvalue weighted by Crippen LogP contribution is 2.34. The van der Waals surface area contributed by atoms with Crippen LogP contribution < -0.4 is 16.0 Å². The van der Waals surface area contributed by atoms with Crippen molar-refractivity contribution in [3.8, 4) is 16.8 Å². The number of aromatic nitrogens is 5. The topological polar surface area (TPSA) is 137 Å². The summed E-state index contributed by atoms with van der Waals surface area (Å²) in [6.07, 6.45) is 4.28. The summed E-state index contributed by atoms with van der Waals surface area (Å²) in [5.74, 6) is 0.281. The number of hydrogen-bond acceptors (Lipinski definition) is 9. The molecule has 1 fully saturated rings. The van der Waals surface area contributed by atoms with E-state index in [1.165, 1.54) is 33.1 Å². The van der Waals surface area contributed by atoms with Crippen molar-refractivity contribution in [1.82, 2.24) is 29.0 Å². The SMILES string of the molecule is COc1ccccc1[C@H](Cn1c(=O)n(C(C)(C)C(=O)N2CCCC2)c(=O)c2c(C)c(-n3nccn3)sc21)OCCC#N. The minimum absolute atomic E-state index is 0.00132. The van der Waals surface area contributed by atoms with Crippen LogP contribution in [0.1, 0.15) is 50.3 Å². The van der Waals surface area contributed by atoms with Crippen molar-refractivity contribution in [2.24, 2.45) is 0 Å². The summed E-state index contributed by atoms with van der Waals surface area (Å²) in [5, 5.41) is 18.5. The molecule has 1 aliphatic rings. The number of methoxy groups -OCH3 is 1. The molecule has 12 nitrogen and oxygen atoms in total. The number of benzene rings is 1. The number of nitrogens with zero attached hydrogens (tertiary/aromatic N) is 7. The van der Waals surface area contributed by atoms with Crippen molar-refractivity contribution in [3.05, 3.63) is 68.6 Å². The van der Waals surface area contributed by atoms with Gasteiger partial charge in [0.15, 0.2) is 0 Å². The van der Waals surface area contributed by atoms with Gasteiger partial charge in [-0.3, -0.25) is 14.2 Å². The van der Waals surface area contributed by atoms with Crippen LogP contribution in [0.3, 0.4) is 0 Å². The van der Waals surface area contributed by atoms with Crippen LogP contribution in [-0.2, 0) is 21.6 Å². The fourth-order valence-corrected chi connectivity index (χ4v) is 6.71. The summed E-state index contributed by atoms with van der Waals surface area (Å²) >= 11 is 1.22. The third-order valence-electron chi connectivity index (χ3n) is 7.63. The van der Waals surface area contributed by atoms with Gasteiger partial charge in [-0.2, -0.15) is 15.5 Å². The normalized spacial score (nSPS) is 14.3. The predicted octanol–water partition coefficient (Wildman–Crippen LogP) is 3.15. The minimum atomic E-state index is -1.45. The Morgan fingerprint density at radius 2 is 1.86 bits per heavy atom. The fourth-order valence-electron chi connectivity index (χ4n) is 5.49. The van der Waals surface area contributed by atoms with Crippen LogP contribution in [0, 0.1) is 18.3 Å². The number of thiophene rings is 1. The monoisotopic (exact) mass is 591 g/mol. The number of likely N-dealkylation sites (tertiary alicyclic amines) is 1. The number of amides is 1. The Balaban J connectivity index is 1.75. The van der Waals surface area contributed by atoms with Crippen molar-refractivity contribution in [1.29, 1.82) is 5.26 Å². The molecule has 1 aromatic carbocycles. The molecule has 1 aliphatic heterocycles. The van der Waals surface area contributed by atoms with Gasteiger partial charge in [0.05, 0.1) is 50.5 Å². The first-order valence-corrected chi connectivity index (χ1v) is 14.6. The lowest BCUT2D eigenvalue weighted by atomic mass is 10.0. The predicted molar refractivity (Wildman–Crippen MR) is 157 cm³/mol. The standard InChI is InChI=1S/C29H33N7O5S/c1-19-23-24(37)35(29(2,3)27(38)33-15-7-8-16-33)28(39)34(26(23)42-25(19)36-31-13-14-32-36)18-22(41-17-9-12-30)20-10-5-6-11-21(20)40-4/h5-6,10-11,13-14,22H,7-9,15-18H2,1-4H3/t22-/m0/s1. The van der Waals surface area contributed by atoms with E-state index in [2.05, 4.69) is 16.3 Å². The molecule has 0 bridgehead atoms. The van der Waals surface area contributed by atoms with Gasteiger partial charge >= 0.3 is 5.69 Å². The Morgan fingerprint density at radius 3 is 2.52 bits per heavy atom. The molecule has 220 valence electrons. The maximum Gasteiger partial charge on any atom is 0.333 e. The maximum atomic E-state index is 14.4. The number of fused-ring (bicyclic) bond motifs is 1. The van der Waals surface area contributed by atoms with E-state index in [0.717, 1.165) is 17.4 Å². The highest BCUT2D eigenvalue weighted by molar-refractivity contribution is 7.21. The quantitative estimate of drug-likeness (QED) is 0.257. The van der Waals surface area contributed by atoms with Gasteiger partial charge in [0.1, 0.15) is 27.2 Å². The zero-order chi connectivity index (χ0) is 30.0. The highest BCUT2D eigenvalue weighted by Gasteiger charge is 2.39. The Morgan fingerprint density at radius 1 is 1.17 bits per heavy atom. The maximum absolute atomic E-state index is 14.4. The van der Waals surface area contributed by atoms with Gasteiger partial charge < -0.3 is 14.4 Å². The summed E-state index contributed by atoms with van der Waals surface area (Å²) in [6, 6.07) is 9.39. The summed E-state index contributed by atoms with van der Waals surface area (Å²) in [7, 11) is 1.55. The molecular weight excluding hydrogens is 558 g/mol. The minimum Gasteiger partial charge on any atom is -0.496 e. The molecule has 0 spiro atoms. The zero-order valence-electron chi connectivity index (χ0n) is 24.1. The van der Waals surface area contributed by atoms with Crippen molar-refractivity contribution < 1.29 is 14.3 Å². The molecule has 13 heteroatoms. The highest BCUT2D eigenvalue weighted by atomic mass is 32.1. The van der Waals surface area contributed by atoms with Gasteiger partial charge in [0.2, 0.25) is 5.91 Å². The van der Waals surface area contributed by atoms with E-state index < -0.39 is 22.9 Å². The van der Waals surface area contributed by atoms with Crippen LogP contribution in [0.2, 0.25) is 0 Å². The number of carbonyl (C=O) groups is 1. The van der Waals surface area contributed by atoms with Crippen LogP contribution in [0.4, 0.5) is 0 Å². The smallest absolute Gasteiger partial charge is 0.333 e. The molecule has 0 N–H and O–H groups in total. The van der Waals surface area contributed by atoms with Crippen molar-refractivity contribution in [2.45, 2.75) is 58.2 Å². The first-order valence-electron chi connectivity index (χ1n) is 13.8. The average molecular weight is 592 g/mol. The van der Waals surface area contributed by atoms with Crippen LogP contribution >= 0.6 is 11.3 Å². The van der Waals surface area contributed by atoms with E-state index >= 15 is 0 Å². The molecule has 1 atom stereocenters. The van der Waals surface area contributed by atoms with E-state index in [4.69, 9.17) is 14.7 Å². The number of carbonyl (C=O) groups excluding carboxylic acids is 1. The molecule has 0 aliphatic carbocycles. The molecule has 0 saturated carbocycles. The number of ether oxygens (including phenoxy) is 2. The molecule has 4 aromatic rings. The molecule has 1 amide bonds. The third kappa shape index (κ3) is 5.12. The first kappa shape index (κ1) is 29.2. The van der Waals surface area contributed by atoms with E-state index in [1.807, 2.05) is 18.2 Å². The lowest BCUT2D eigenvalue weighted by Gasteiger charge is -2.31. The number of nitriles is 1. The molecule has 5 rings (SSSR count). The average Bonchev–Trinajstić information content (AvgIpc) is 3.76. The molecule has 1 saturated heterocycles. The molecular formula is C29H33N7O5S. The Bertz CT molecular complexity index is 1760. The first-order chi connectivity index (χ1) is 20.2. The van der Waals surface area contributed by atoms with Gasteiger partial charge in [0, 0.05) is 24.2 Å². The molecule has 3 aromatic heterocycles. The second-order valence-electron chi connectivity index (χ2n) is 10.6. The van der Waals surface area contributed by atoms with Crippen molar-refractivity contribution >= 4 is 27.5 Å². The van der Waals surface area contributed by atoms with Crippen LogP contribution in [0.25, 0.3) is 15.2 Å².